The van der Waals surface area contributed by atoms with Gasteiger partial charge in [-0.05, 0) is 64.2 Å². The summed E-state index contributed by atoms with van der Waals surface area (Å²) in [4.78, 5) is 40.0. The summed E-state index contributed by atoms with van der Waals surface area (Å²) in [6, 6.07) is 38.4. The van der Waals surface area contributed by atoms with E-state index in [4.69, 9.17) is 9.47 Å². The van der Waals surface area contributed by atoms with Gasteiger partial charge in [0.1, 0.15) is 0 Å². The number of hydrogen-bond donors (Lipinski definition) is 2. The summed E-state index contributed by atoms with van der Waals surface area (Å²) >= 11 is 1.69. The molecule has 2 aliphatic heterocycles. The lowest BCUT2D eigenvalue weighted by Gasteiger charge is -2.36. The Hall–Kier alpha value is -5.06. The number of aliphatic hydroxyl groups is 1. The summed E-state index contributed by atoms with van der Waals surface area (Å²) in [5.74, 6) is 0.0346. The minimum atomic E-state index is -0.610. The van der Waals surface area contributed by atoms with E-state index < -0.39 is 6.29 Å². The zero-order valence-electron chi connectivity index (χ0n) is 27.5. The van der Waals surface area contributed by atoms with Gasteiger partial charge in [-0.1, -0.05) is 84.9 Å². The fraction of sp³-hybridized carbons (Fsp3) is 0.195. The van der Waals surface area contributed by atoms with Crippen molar-refractivity contribution in [2.24, 2.45) is 0 Å². The van der Waals surface area contributed by atoms with Crippen LogP contribution in [0, 0.1) is 0 Å². The molecule has 3 atom stereocenters. The molecule has 8 nitrogen and oxygen atoms in total. The molecule has 0 radical (unpaired) electrons. The van der Waals surface area contributed by atoms with Crippen molar-refractivity contribution >= 4 is 35.2 Å². The van der Waals surface area contributed by atoms with Crippen molar-refractivity contribution in [2.45, 2.75) is 49.9 Å². The lowest BCUT2D eigenvalue weighted by Crippen LogP contribution is -2.31. The average molecular weight is 685 g/mol. The van der Waals surface area contributed by atoms with Gasteiger partial charge in [0.25, 0.3) is 11.8 Å². The van der Waals surface area contributed by atoms with Crippen LogP contribution in [-0.2, 0) is 27.4 Å². The SMILES string of the molecule is CC(=O)Nc1ccc(SC[C@H]2C[C@@H](c3ccc(CO)cc3)O[C@@H](c3ccc(-c4ccccc4CN4C(=O)c5ccccc5C4=O)cc3)O2)cc1. The molecule has 9 heteroatoms. The van der Waals surface area contributed by atoms with Crippen LogP contribution in [0.4, 0.5) is 5.69 Å². The van der Waals surface area contributed by atoms with Crippen LogP contribution in [-0.4, -0.2) is 39.6 Å². The molecule has 252 valence electrons. The number of amides is 3. The van der Waals surface area contributed by atoms with Gasteiger partial charge in [0.15, 0.2) is 6.29 Å². The zero-order chi connectivity index (χ0) is 34.6. The Labute approximate surface area is 295 Å². The third-order valence-electron chi connectivity index (χ3n) is 8.94. The van der Waals surface area contributed by atoms with Gasteiger partial charge in [-0.15, -0.1) is 11.8 Å². The first-order valence-electron chi connectivity index (χ1n) is 16.5. The van der Waals surface area contributed by atoms with Crippen molar-refractivity contribution in [2.75, 3.05) is 11.1 Å². The van der Waals surface area contributed by atoms with E-state index in [1.807, 2.05) is 97.1 Å². The Morgan fingerprint density at radius 3 is 2.04 bits per heavy atom. The number of rotatable bonds is 10. The molecule has 7 rings (SSSR count). The Balaban J connectivity index is 1.09. The van der Waals surface area contributed by atoms with Crippen molar-refractivity contribution in [1.29, 1.82) is 0 Å². The van der Waals surface area contributed by atoms with Gasteiger partial charge < -0.3 is 19.9 Å². The molecule has 3 amide bonds. The molecule has 0 spiro atoms. The second-order valence-corrected chi connectivity index (χ2v) is 13.5. The van der Waals surface area contributed by atoms with Crippen LogP contribution in [0.2, 0.25) is 0 Å². The van der Waals surface area contributed by atoms with Crippen molar-refractivity contribution in [1.82, 2.24) is 4.90 Å². The number of anilines is 1. The van der Waals surface area contributed by atoms with Gasteiger partial charge in [0, 0.05) is 35.2 Å². The summed E-state index contributed by atoms with van der Waals surface area (Å²) in [5.41, 5.74) is 7.10. The highest BCUT2D eigenvalue weighted by Crippen LogP contribution is 2.40. The molecule has 2 N–H and O–H groups in total. The summed E-state index contributed by atoms with van der Waals surface area (Å²) in [5, 5.41) is 12.4. The molecule has 0 saturated carbocycles. The number of benzene rings is 5. The predicted octanol–water partition coefficient (Wildman–Crippen LogP) is 7.94. The number of hydrogen-bond acceptors (Lipinski definition) is 7. The van der Waals surface area contributed by atoms with E-state index in [1.54, 1.807) is 36.0 Å². The third kappa shape index (κ3) is 7.27. The maximum absolute atomic E-state index is 13.1. The molecule has 0 aromatic heterocycles. The maximum atomic E-state index is 13.1. The standard InChI is InChI=1S/C41H36N2O6S/c1-26(45)42-32-18-20-34(21-19-32)50-25-33-22-38(29-12-10-27(24-44)11-13-29)49-41(48-33)30-16-14-28(15-17-30)35-7-3-2-6-31(35)23-43-39(46)36-8-4-5-9-37(36)40(43)47/h2-21,33,38,41,44H,22-25H2,1H3,(H,42,45)/t33-,38+,41+/m1/s1. The van der Waals surface area contributed by atoms with E-state index in [9.17, 15) is 19.5 Å². The number of ether oxygens (including phenoxy) is 2. The number of nitrogens with zero attached hydrogens (tertiary/aromatic N) is 1. The smallest absolute Gasteiger partial charge is 0.261 e. The lowest BCUT2D eigenvalue weighted by molar-refractivity contribution is -0.245. The number of nitrogens with one attached hydrogen (secondary N) is 1. The van der Waals surface area contributed by atoms with E-state index >= 15 is 0 Å². The van der Waals surface area contributed by atoms with E-state index in [-0.39, 0.29) is 43.1 Å². The lowest BCUT2D eigenvalue weighted by atomic mass is 9.97. The van der Waals surface area contributed by atoms with Crippen LogP contribution in [0.15, 0.2) is 126 Å². The molecule has 0 unspecified atom stereocenters. The first-order valence-corrected chi connectivity index (χ1v) is 17.5. The molecule has 2 aliphatic rings. The van der Waals surface area contributed by atoms with E-state index in [1.165, 1.54) is 11.8 Å². The predicted molar refractivity (Wildman–Crippen MR) is 192 cm³/mol. The first-order chi connectivity index (χ1) is 24.4. The Kier molecular flexibility index (Phi) is 9.91. The Morgan fingerprint density at radius 1 is 0.780 bits per heavy atom. The largest absolute Gasteiger partial charge is 0.392 e. The summed E-state index contributed by atoms with van der Waals surface area (Å²) in [6.45, 7) is 1.64. The second kappa shape index (κ2) is 14.8. The molecule has 0 bridgehead atoms. The van der Waals surface area contributed by atoms with Crippen LogP contribution in [0.5, 0.6) is 0 Å². The van der Waals surface area contributed by atoms with Crippen molar-refractivity contribution in [3.63, 3.8) is 0 Å². The van der Waals surface area contributed by atoms with Gasteiger partial charge >= 0.3 is 0 Å². The van der Waals surface area contributed by atoms with Crippen molar-refractivity contribution < 1.29 is 29.0 Å². The van der Waals surface area contributed by atoms with E-state index in [2.05, 4.69) is 5.32 Å². The molecular formula is C41H36N2O6S. The minimum Gasteiger partial charge on any atom is -0.392 e. The molecule has 50 heavy (non-hydrogen) atoms. The number of carbonyl (C=O) groups is 3. The van der Waals surface area contributed by atoms with Gasteiger partial charge in [-0.25, -0.2) is 0 Å². The fourth-order valence-corrected chi connectivity index (χ4v) is 7.28. The van der Waals surface area contributed by atoms with Gasteiger partial charge in [-0.2, -0.15) is 0 Å². The Morgan fingerprint density at radius 2 is 1.40 bits per heavy atom. The molecule has 1 saturated heterocycles. The number of carbonyl (C=O) groups excluding carboxylic acids is 3. The second-order valence-electron chi connectivity index (χ2n) is 12.4. The number of imide groups is 1. The molecule has 1 fully saturated rings. The zero-order valence-corrected chi connectivity index (χ0v) is 28.3. The minimum absolute atomic E-state index is 0.0225. The molecule has 5 aromatic carbocycles. The highest BCUT2D eigenvalue weighted by atomic mass is 32.2. The topological polar surface area (TPSA) is 105 Å². The number of fused-ring (bicyclic) bond motifs is 1. The monoisotopic (exact) mass is 684 g/mol. The van der Waals surface area contributed by atoms with Crippen LogP contribution < -0.4 is 5.32 Å². The van der Waals surface area contributed by atoms with E-state index in [0.717, 1.165) is 44.0 Å². The van der Waals surface area contributed by atoms with Gasteiger partial charge in [0.05, 0.1) is 36.5 Å². The average Bonchev–Trinajstić information content (AvgIpc) is 3.39. The van der Waals surface area contributed by atoms with Gasteiger partial charge in [-0.3, -0.25) is 19.3 Å². The van der Waals surface area contributed by atoms with Crippen LogP contribution >= 0.6 is 11.8 Å². The van der Waals surface area contributed by atoms with E-state index in [0.29, 0.717) is 23.3 Å². The number of aliphatic hydroxyl groups excluding tert-OH is 1. The summed E-state index contributed by atoms with van der Waals surface area (Å²) < 4.78 is 13.1. The normalized spacial score (nSPS) is 18.6. The summed E-state index contributed by atoms with van der Waals surface area (Å²) in [7, 11) is 0. The highest BCUT2D eigenvalue weighted by Gasteiger charge is 2.36. The first kappa shape index (κ1) is 33.4. The van der Waals surface area contributed by atoms with Crippen LogP contribution in [0.1, 0.15) is 68.7 Å². The van der Waals surface area contributed by atoms with Gasteiger partial charge in [0.2, 0.25) is 5.91 Å². The molecule has 5 aromatic rings. The molecule has 0 aliphatic carbocycles. The fourth-order valence-electron chi connectivity index (χ4n) is 6.36. The molecule has 2 heterocycles. The number of thioether (sulfide) groups is 1. The third-order valence-corrected chi connectivity index (χ3v) is 10.1. The highest BCUT2D eigenvalue weighted by molar-refractivity contribution is 7.99. The quantitative estimate of drug-likeness (QED) is 0.114. The maximum Gasteiger partial charge on any atom is 0.261 e. The van der Waals surface area contributed by atoms with Crippen molar-refractivity contribution in [3.8, 4) is 11.1 Å². The summed E-state index contributed by atoms with van der Waals surface area (Å²) in [6.07, 6.45) is -0.276. The van der Waals surface area contributed by atoms with Crippen LogP contribution in [0.3, 0.4) is 0 Å². The Bertz CT molecular complexity index is 1980. The van der Waals surface area contributed by atoms with Crippen LogP contribution in [0.25, 0.3) is 11.1 Å². The molecular weight excluding hydrogens is 649 g/mol. The van der Waals surface area contributed by atoms with Crippen molar-refractivity contribution in [3.05, 3.63) is 155 Å².